The van der Waals surface area contributed by atoms with E-state index in [0.717, 1.165) is 11.8 Å². The van der Waals surface area contributed by atoms with E-state index in [9.17, 15) is 0 Å². The summed E-state index contributed by atoms with van der Waals surface area (Å²) in [5.41, 5.74) is 0. The third-order valence-corrected chi connectivity index (χ3v) is 1.23. The van der Waals surface area contributed by atoms with Crippen LogP contribution in [0.2, 0.25) is 0 Å². The van der Waals surface area contributed by atoms with Gasteiger partial charge in [-0.15, -0.1) is 0 Å². The second-order valence-corrected chi connectivity index (χ2v) is 2.10. The van der Waals surface area contributed by atoms with Crippen molar-refractivity contribution in [2.24, 2.45) is 0 Å². The molecule has 0 heterocycles. The highest BCUT2D eigenvalue weighted by molar-refractivity contribution is 9.09. The van der Waals surface area contributed by atoms with Crippen LogP contribution in [0.5, 0.6) is 0 Å². The van der Waals surface area contributed by atoms with Gasteiger partial charge in [-0.2, -0.15) is 0 Å². The fourth-order valence-corrected chi connectivity index (χ4v) is 0.637. The molecule has 1 heteroatoms. The van der Waals surface area contributed by atoms with Crippen molar-refractivity contribution in [3.05, 3.63) is 19.1 Å². The monoisotopic (exact) mass is 161 g/mol. The Balaban J connectivity index is 2.69. The molecule has 0 nitrogen and oxygen atoms in total. The minimum absolute atomic E-state index is 1.09. The summed E-state index contributed by atoms with van der Waals surface area (Å²) in [5.74, 6) is 0. The molecule has 0 aromatic carbocycles. The number of rotatable bonds is 3. The van der Waals surface area contributed by atoms with Crippen LogP contribution in [0.25, 0.3) is 0 Å². The molecule has 0 saturated carbocycles. The molecule has 41 valence electrons. The number of unbranched alkanes of at least 4 members (excludes halogenated alkanes) is 1. The van der Waals surface area contributed by atoms with Gasteiger partial charge in [0.2, 0.25) is 0 Å². The summed E-state index contributed by atoms with van der Waals surface area (Å²) < 4.78 is 0. The van der Waals surface area contributed by atoms with E-state index in [1.165, 1.54) is 6.42 Å². The molecule has 0 rings (SSSR count). The van der Waals surface area contributed by atoms with E-state index in [-0.39, 0.29) is 0 Å². The first-order chi connectivity index (χ1) is 3.41. The molecule has 0 atom stereocenters. The average Bonchev–Trinajstić information content (AvgIpc) is 1.69. The van der Waals surface area contributed by atoms with Gasteiger partial charge in [-0.3, -0.25) is 0 Å². The normalized spacial score (nSPS) is 10.6. The van der Waals surface area contributed by atoms with E-state index in [1.807, 2.05) is 6.08 Å². The molecule has 0 saturated heterocycles. The predicted molar refractivity (Wildman–Crippen MR) is 37.5 cm³/mol. The number of hydrogen-bond donors (Lipinski definition) is 0. The Morgan fingerprint density at radius 3 is 2.71 bits per heavy atom. The first-order valence-electron chi connectivity index (χ1n) is 2.42. The minimum atomic E-state index is 1.09. The van der Waals surface area contributed by atoms with Gasteiger partial charge in [-0.25, -0.2) is 0 Å². The van der Waals surface area contributed by atoms with Gasteiger partial charge in [0.15, 0.2) is 0 Å². The molecule has 0 amide bonds. The van der Waals surface area contributed by atoms with Gasteiger partial charge in [0.25, 0.3) is 0 Å². The number of alkyl halides is 1. The highest BCUT2D eigenvalue weighted by Crippen LogP contribution is 1.93. The lowest BCUT2D eigenvalue weighted by Crippen LogP contribution is -1.68. The van der Waals surface area contributed by atoms with Crippen LogP contribution in [-0.2, 0) is 0 Å². The molecule has 0 spiro atoms. The van der Waals surface area contributed by atoms with Gasteiger partial charge < -0.3 is 0 Å². The molecule has 0 aliphatic rings. The van der Waals surface area contributed by atoms with Crippen LogP contribution in [0.3, 0.4) is 0 Å². The van der Waals surface area contributed by atoms with Crippen LogP contribution in [0.4, 0.5) is 0 Å². The number of hydrogen-bond acceptors (Lipinski definition) is 0. The van der Waals surface area contributed by atoms with Crippen molar-refractivity contribution in [1.29, 1.82) is 0 Å². The second-order valence-electron chi connectivity index (χ2n) is 1.30. The third kappa shape index (κ3) is 6.22. The van der Waals surface area contributed by atoms with E-state index in [4.69, 9.17) is 0 Å². The molecule has 0 N–H and O–H groups in total. The van der Waals surface area contributed by atoms with Crippen molar-refractivity contribution in [3.8, 4) is 0 Å². The van der Waals surface area contributed by atoms with Crippen molar-refractivity contribution >= 4 is 15.9 Å². The second kappa shape index (κ2) is 6.22. The molecule has 0 aliphatic carbocycles. The topological polar surface area (TPSA) is 0 Å². The van der Waals surface area contributed by atoms with Crippen LogP contribution in [0.15, 0.2) is 12.2 Å². The van der Waals surface area contributed by atoms with E-state index < -0.39 is 0 Å². The zero-order chi connectivity index (χ0) is 5.54. The maximum atomic E-state index is 3.56. The molecule has 1 radical (unpaired) electrons. The molecular weight excluding hydrogens is 152 g/mol. The lowest BCUT2D eigenvalue weighted by Gasteiger charge is -1.82. The summed E-state index contributed by atoms with van der Waals surface area (Å²) in [6.07, 6.45) is 6.27. The summed E-state index contributed by atoms with van der Waals surface area (Å²) in [6, 6.07) is 0. The van der Waals surface area contributed by atoms with E-state index in [1.54, 1.807) is 0 Å². The standard InChI is InChI=1S/C6H10Br/c1-2-3-4-5-6-7/h2-3H,1,4-6H2/b3-2+. The predicted octanol–water partition coefficient (Wildman–Crippen LogP) is 2.55. The number of allylic oxidation sites excluding steroid dienone is 2. The zero-order valence-electron chi connectivity index (χ0n) is 4.36. The molecule has 0 aromatic heterocycles. The maximum absolute atomic E-state index is 3.56. The third-order valence-electron chi connectivity index (χ3n) is 0.671. The van der Waals surface area contributed by atoms with Crippen molar-refractivity contribution in [3.63, 3.8) is 0 Å². The molecule has 0 bridgehead atoms. The van der Waals surface area contributed by atoms with Gasteiger partial charge in [0, 0.05) is 5.33 Å². The fraction of sp³-hybridized carbons (Fsp3) is 0.500. The van der Waals surface area contributed by atoms with Crippen LogP contribution < -0.4 is 0 Å². The lowest BCUT2D eigenvalue weighted by atomic mass is 10.3. The summed E-state index contributed by atoms with van der Waals surface area (Å²) in [4.78, 5) is 0. The zero-order valence-corrected chi connectivity index (χ0v) is 5.95. The highest BCUT2D eigenvalue weighted by atomic mass is 79.9. The summed E-state index contributed by atoms with van der Waals surface area (Å²) in [6.45, 7) is 3.56. The van der Waals surface area contributed by atoms with Crippen LogP contribution in [0.1, 0.15) is 12.8 Å². The summed E-state index contributed by atoms with van der Waals surface area (Å²) in [7, 11) is 0. The van der Waals surface area contributed by atoms with Crippen molar-refractivity contribution < 1.29 is 0 Å². The van der Waals surface area contributed by atoms with Gasteiger partial charge in [-0.05, 0) is 19.8 Å². The quantitative estimate of drug-likeness (QED) is 0.441. The van der Waals surface area contributed by atoms with Gasteiger partial charge in [-0.1, -0.05) is 28.1 Å². The Bertz CT molecular complexity index is 48.1. The van der Waals surface area contributed by atoms with E-state index in [2.05, 4.69) is 28.9 Å². The van der Waals surface area contributed by atoms with Gasteiger partial charge >= 0.3 is 0 Å². The van der Waals surface area contributed by atoms with Crippen molar-refractivity contribution in [1.82, 2.24) is 0 Å². The fourth-order valence-electron chi connectivity index (χ4n) is 0.313. The Morgan fingerprint density at radius 2 is 2.29 bits per heavy atom. The lowest BCUT2D eigenvalue weighted by molar-refractivity contribution is 0.979. The Kier molecular flexibility index (Phi) is 6.42. The Labute approximate surface area is 53.7 Å². The van der Waals surface area contributed by atoms with Crippen molar-refractivity contribution in [2.45, 2.75) is 12.8 Å². The Morgan fingerprint density at radius 1 is 1.57 bits per heavy atom. The SMILES string of the molecule is [CH2]/C=C/CCCBr. The summed E-state index contributed by atoms with van der Waals surface area (Å²) >= 11 is 3.33. The molecule has 0 fully saturated rings. The first-order valence-corrected chi connectivity index (χ1v) is 3.54. The summed E-state index contributed by atoms with van der Waals surface area (Å²) in [5, 5.41) is 1.09. The molecule has 7 heavy (non-hydrogen) atoms. The van der Waals surface area contributed by atoms with Gasteiger partial charge in [0.05, 0.1) is 0 Å². The smallest absolute Gasteiger partial charge is 0.00342 e. The van der Waals surface area contributed by atoms with Crippen LogP contribution in [0, 0.1) is 6.92 Å². The average molecular weight is 162 g/mol. The minimum Gasteiger partial charge on any atom is -0.0928 e. The largest absolute Gasteiger partial charge is 0.0928 e. The number of halogens is 1. The first kappa shape index (κ1) is 7.22. The highest BCUT2D eigenvalue weighted by Gasteiger charge is 1.74. The molecule has 0 aromatic rings. The molecular formula is C6H10Br. The van der Waals surface area contributed by atoms with E-state index in [0.29, 0.717) is 0 Å². The van der Waals surface area contributed by atoms with Gasteiger partial charge in [0.1, 0.15) is 0 Å². The van der Waals surface area contributed by atoms with Crippen molar-refractivity contribution in [2.75, 3.05) is 5.33 Å². The molecule has 0 unspecified atom stereocenters. The van der Waals surface area contributed by atoms with E-state index >= 15 is 0 Å². The van der Waals surface area contributed by atoms with Crippen LogP contribution >= 0.6 is 15.9 Å². The maximum Gasteiger partial charge on any atom is 0.00342 e. The Hall–Kier alpha value is 0.220. The van der Waals surface area contributed by atoms with Crippen LogP contribution in [-0.4, -0.2) is 5.33 Å². The molecule has 0 aliphatic heterocycles.